The predicted molar refractivity (Wildman–Crippen MR) is 72.7 cm³/mol. The zero-order chi connectivity index (χ0) is 12.1. The fraction of sp³-hybridized carbons (Fsp3) is 0.308. The molecule has 0 amide bonds. The number of aromatic nitrogens is 2. The SMILES string of the molecule is CC(Cc1ccc(Br)cc1)NCc1ncc[nH]1. The minimum Gasteiger partial charge on any atom is -0.348 e. The second kappa shape index (κ2) is 5.98. The molecule has 1 unspecified atom stereocenters. The Bertz CT molecular complexity index is 436. The van der Waals surface area contributed by atoms with Crippen LogP contribution >= 0.6 is 15.9 Å². The van der Waals surface area contributed by atoms with E-state index in [9.17, 15) is 0 Å². The summed E-state index contributed by atoms with van der Waals surface area (Å²) >= 11 is 3.44. The van der Waals surface area contributed by atoms with Gasteiger partial charge in [0.25, 0.3) is 0 Å². The van der Waals surface area contributed by atoms with Gasteiger partial charge in [-0.2, -0.15) is 0 Å². The molecule has 1 aromatic carbocycles. The van der Waals surface area contributed by atoms with E-state index in [-0.39, 0.29) is 0 Å². The lowest BCUT2D eigenvalue weighted by atomic mass is 10.1. The first-order chi connectivity index (χ1) is 8.24. The van der Waals surface area contributed by atoms with E-state index in [4.69, 9.17) is 0 Å². The summed E-state index contributed by atoms with van der Waals surface area (Å²) in [5.41, 5.74) is 1.34. The lowest BCUT2D eigenvalue weighted by molar-refractivity contribution is 0.535. The highest BCUT2D eigenvalue weighted by Gasteiger charge is 2.03. The zero-order valence-electron chi connectivity index (χ0n) is 9.78. The Morgan fingerprint density at radius 2 is 2.12 bits per heavy atom. The molecule has 0 saturated heterocycles. The van der Waals surface area contributed by atoms with Gasteiger partial charge in [0, 0.05) is 22.9 Å². The summed E-state index contributed by atoms with van der Waals surface area (Å²) in [6, 6.07) is 8.88. The van der Waals surface area contributed by atoms with Crippen LogP contribution in [0, 0.1) is 0 Å². The van der Waals surface area contributed by atoms with Gasteiger partial charge in [-0.15, -0.1) is 0 Å². The van der Waals surface area contributed by atoms with Crippen LogP contribution in [-0.4, -0.2) is 16.0 Å². The molecule has 2 N–H and O–H groups in total. The maximum absolute atomic E-state index is 4.18. The smallest absolute Gasteiger partial charge is 0.120 e. The normalized spacial score (nSPS) is 12.6. The fourth-order valence-corrected chi connectivity index (χ4v) is 1.98. The molecule has 0 aliphatic carbocycles. The van der Waals surface area contributed by atoms with Gasteiger partial charge >= 0.3 is 0 Å². The number of benzene rings is 1. The van der Waals surface area contributed by atoms with Crippen LogP contribution in [0.1, 0.15) is 18.3 Å². The van der Waals surface area contributed by atoms with Crippen LogP contribution < -0.4 is 5.32 Å². The molecule has 2 rings (SSSR count). The lowest BCUT2D eigenvalue weighted by Gasteiger charge is -2.12. The van der Waals surface area contributed by atoms with Crippen molar-refractivity contribution in [1.82, 2.24) is 15.3 Å². The molecule has 0 bridgehead atoms. The van der Waals surface area contributed by atoms with Gasteiger partial charge in [0.05, 0.1) is 6.54 Å². The largest absolute Gasteiger partial charge is 0.348 e. The Labute approximate surface area is 110 Å². The molecule has 0 fully saturated rings. The average molecular weight is 294 g/mol. The second-order valence-electron chi connectivity index (χ2n) is 4.15. The molecule has 4 heteroatoms. The number of nitrogens with one attached hydrogen (secondary N) is 2. The molecular formula is C13H16BrN3. The number of hydrogen-bond acceptors (Lipinski definition) is 2. The molecule has 1 aromatic heterocycles. The molecule has 0 spiro atoms. The van der Waals surface area contributed by atoms with Crippen LogP contribution in [0.15, 0.2) is 41.1 Å². The highest BCUT2D eigenvalue weighted by molar-refractivity contribution is 9.10. The molecule has 3 nitrogen and oxygen atoms in total. The van der Waals surface area contributed by atoms with E-state index >= 15 is 0 Å². The summed E-state index contributed by atoms with van der Waals surface area (Å²) in [4.78, 5) is 7.27. The first-order valence-electron chi connectivity index (χ1n) is 5.70. The molecule has 0 saturated carbocycles. The Kier molecular flexibility index (Phi) is 4.34. The molecule has 1 atom stereocenters. The van der Waals surface area contributed by atoms with E-state index in [1.165, 1.54) is 5.56 Å². The Morgan fingerprint density at radius 1 is 1.35 bits per heavy atom. The van der Waals surface area contributed by atoms with E-state index in [1.54, 1.807) is 6.20 Å². The second-order valence-corrected chi connectivity index (χ2v) is 5.06. The van der Waals surface area contributed by atoms with Gasteiger partial charge in [-0.25, -0.2) is 4.98 Å². The minimum atomic E-state index is 0.432. The standard InChI is InChI=1S/C13H16BrN3/c1-10(17-9-13-15-6-7-16-13)8-11-2-4-12(14)5-3-11/h2-7,10,17H,8-9H2,1H3,(H,15,16). The Morgan fingerprint density at radius 3 is 2.76 bits per heavy atom. The highest BCUT2D eigenvalue weighted by atomic mass is 79.9. The van der Waals surface area contributed by atoms with Crippen molar-refractivity contribution in [2.75, 3.05) is 0 Å². The quantitative estimate of drug-likeness (QED) is 0.890. The lowest BCUT2D eigenvalue weighted by Crippen LogP contribution is -2.27. The van der Waals surface area contributed by atoms with E-state index in [0.29, 0.717) is 6.04 Å². The zero-order valence-corrected chi connectivity index (χ0v) is 11.4. The summed E-state index contributed by atoms with van der Waals surface area (Å²) in [6.45, 7) is 2.97. The number of imidazole rings is 1. The molecular weight excluding hydrogens is 278 g/mol. The predicted octanol–water partition coefficient (Wildman–Crippen LogP) is 2.89. The van der Waals surface area contributed by atoms with Crippen molar-refractivity contribution in [2.24, 2.45) is 0 Å². The van der Waals surface area contributed by atoms with Gasteiger partial charge in [0.1, 0.15) is 5.82 Å². The van der Waals surface area contributed by atoms with Crippen molar-refractivity contribution in [3.05, 3.63) is 52.5 Å². The molecule has 2 aromatic rings. The van der Waals surface area contributed by atoms with Crippen LogP contribution in [-0.2, 0) is 13.0 Å². The summed E-state index contributed by atoms with van der Waals surface area (Å²) in [7, 11) is 0. The number of rotatable bonds is 5. The molecule has 90 valence electrons. The Hall–Kier alpha value is -1.13. The van der Waals surface area contributed by atoms with Gasteiger partial charge in [-0.1, -0.05) is 28.1 Å². The number of H-pyrrole nitrogens is 1. The van der Waals surface area contributed by atoms with E-state index in [1.807, 2.05) is 6.20 Å². The van der Waals surface area contributed by atoms with Crippen LogP contribution in [0.4, 0.5) is 0 Å². The van der Waals surface area contributed by atoms with Gasteiger partial charge < -0.3 is 10.3 Å². The maximum Gasteiger partial charge on any atom is 0.120 e. The third-order valence-electron chi connectivity index (χ3n) is 2.63. The number of aromatic amines is 1. The van der Waals surface area contributed by atoms with E-state index in [2.05, 4.69) is 62.4 Å². The number of nitrogens with zero attached hydrogens (tertiary/aromatic N) is 1. The van der Waals surface area contributed by atoms with Gasteiger partial charge in [-0.05, 0) is 31.0 Å². The molecule has 17 heavy (non-hydrogen) atoms. The van der Waals surface area contributed by atoms with Crippen molar-refractivity contribution in [1.29, 1.82) is 0 Å². The monoisotopic (exact) mass is 293 g/mol. The summed E-state index contributed by atoms with van der Waals surface area (Å²) in [5.74, 6) is 0.979. The third kappa shape index (κ3) is 3.98. The number of hydrogen-bond donors (Lipinski definition) is 2. The molecule has 1 heterocycles. The van der Waals surface area contributed by atoms with Crippen molar-refractivity contribution < 1.29 is 0 Å². The fourth-order valence-electron chi connectivity index (χ4n) is 1.71. The maximum atomic E-state index is 4.18. The van der Waals surface area contributed by atoms with Crippen LogP contribution in [0.3, 0.4) is 0 Å². The van der Waals surface area contributed by atoms with Crippen molar-refractivity contribution in [3.63, 3.8) is 0 Å². The number of halogens is 1. The summed E-state index contributed by atoms with van der Waals surface area (Å²) in [6.07, 6.45) is 4.64. The molecule has 0 aliphatic heterocycles. The first kappa shape index (κ1) is 12.3. The minimum absolute atomic E-state index is 0.432. The van der Waals surface area contributed by atoms with Crippen molar-refractivity contribution in [2.45, 2.75) is 25.9 Å². The van der Waals surface area contributed by atoms with Crippen molar-refractivity contribution in [3.8, 4) is 0 Å². The van der Waals surface area contributed by atoms with Gasteiger partial charge in [0.2, 0.25) is 0 Å². The van der Waals surface area contributed by atoms with Crippen LogP contribution in [0.2, 0.25) is 0 Å². The van der Waals surface area contributed by atoms with Crippen LogP contribution in [0.5, 0.6) is 0 Å². The van der Waals surface area contributed by atoms with E-state index in [0.717, 1.165) is 23.3 Å². The first-order valence-corrected chi connectivity index (χ1v) is 6.49. The summed E-state index contributed by atoms with van der Waals surface area (Å²) in [5, 5.41) is 3.44. The Balaban J connectivity index is 1.80. The summed E-state index contributed by atoms with van der Waals surface area (Å²) < 4.78 is 1.12. The van der Waals surface area contributed by atoms with Gasteiger partial charge in [-0.3, -0.25) is 0 Å². The highest BCUT2D eigenvalue weighted by Crippen LogP contribution is 2.11. The average Bonchev–Trinajstić information content (AvgIpc) is 2.83. The molecule has 0 aliphatic rings. The topological polar surface area (TPSA) is 40.7 Å². The van der Waals surface area contributed by atoms with E-state index < -0.39 is 0 Å². The third-order valence-corrected chi connectivity index (χ3v) is 3.16. The van der Waals surface area contributed by atoms with Crippen molar-refractivity contribution >= 4 is 15.9 Å². The molecule has 0 radical (unpaired) electrons. The van der Waals surface area contributed by atoms with Gasteiger partial charge in [0.15, 0.2) is 0 Å². The van der Waals surface area contributed by atoms with Crippen LogP contribution in [0.25, 0.3) is 0 Å².